The lowest BCUT2D eigenvalue weighted by Gasteiger charge is -2.27. The van der Waals surface area contributed by atoms with Crippen molar-refractivity contribution in [3.05, 3.63) is 12.8 Å². The zero-order valence-electron chi connectivity index (χ0n) is 11.7. The zero-order chi connectivity index (χ0) is 15.1. The molecule has 0 amide bonds. The summed E-state index contributed by atoms with van der Waals surface area (Å²) < 4.78 is 10.1. The maximum atomic E-state index is 12.0. The first-order chi connectivity index (χ1) is 9.47. The van der Waals surface area contributed by atoms with E-state index in [1.165, 1.54) is 13.2 Å². The van der Waals surface area contributed by atoms with Gasteiger partial charge in [0.2, 0.25) is 0 Å². The molecule has 0 spiro atoms. The van der Waals surface area contributed by atoms with Crippen molar-refractivity contribution in [2.24, 2.45) is 11.8 Å². The summed E-state index contributed by atoms with van der Waals surface area (Å²) in [6.07, 6.45) is 2.33. The summed E-state index contributed by atoms with van der Waals surface area (Å²) in [5.41, 5.74) is 0. The second-order valence-electron chi connectivity index (χ2n) is 5.05. The number of carbonyl (C=O) groups excluding carboxylic acids is 1. The van der Waals surface area contributed by atoms with Gasteiger partial charge < -0.3 is 19.7 Å². The Kier molecular flexibility index (Phi) is 6.51. The van der Waals surface area contributed by atoms with E-state index >= 15 is 0 Å². The van der Waals surface area contributed by atoms with Crippen LogP contribution in [0.1, 0.15) is 32.6 Å². The van der Waals surface area contributed by atoms with Crippen molar-refractivity contribution < 1.29 is 29.3 Å². The second-order valence-corrected chi connectivity index (χ2v) is 5.05. The van der Waals surface area contributed by atoms with E-state index in [4.69, 9.17) is 14.6 Å². The van der Waals surface area contributed by atoms with Crippen LogP contribution in [0.2, 0.25) is 0 Å². The van der Waals surface area contributed by atoms with Gasteiger partial charge in [-0.25, -0.2) is 0 Å². The molecule has 0 aromatic heterocycles. The number of esters is 1. The van der Waals surface area contributed by atoms with Gasteiger partial charge in [-0.05, 0) is 19.8 Å². The highest BCUT2D eigenvalue weighted by Gasteiger charge is 2.37. The number of aliphatic carboxylic acids is 1. The summed E-state index contributed by atoms with van der Waals surface area (Å²) in [6.45, 7) is 4.78. The monoisotopic (exact) mass is 286 g/mol. The molecular weight excluding hydrogens is 264 g/mol. The summed E-state index contributed by atoms with van der Waals surface area (Å²) in [7, 11) is 0. The van der Waals surface area contributed by atoms with Gasteiger partial charge in [-0.15, -0.1) is 0 Å². The van der Waals surface area contributed by atoms with Gasteiger partial charge in [0.15, 0.2) is 6.10 Å². The fraction of sp³-hybridized carbons (Fsp3) is 0.714. The van der Waals surface area contributed by atoms with Crippen LogP contribution in [-0.2, 0) is 19.1 Å². The molecule has 1 fully saturated rings. The van der Waals surface area contributed by atoms with Crippen LogP contribution in [0, 0.1) is 11.8 Å². The van der Waals surface area contributed by atoms with E-state index < -0.39 is 36.0 Å². The molecule has 0 aliphatic heterocycles. The fourth-order valence-electron chi connectivity index (χ4n) is 2.40. The average Bonchev–Trinajstić information content (AvgIpc) is 2.42. The largest absolute Gasteiger partial charge is 0.492 e. The Labute approximate surface area is 118 Å². The summed E-state index contributed by atoms with van der Waals surface area (Å²) in [5.74, 6) is -2.78. The lowest BCUT2D eigenvalue weighted by Crippen LogP contribution is -2.37. The van der Waals surface area contributed by atoms with Crippen molar-refractivity contribution in [1.82, 2.24) is 0 Å². The van der Waals surface area contributed by atoms with Crippen LogP contribution < -0.4 is 0 Å². The molecule has 0 saturated heterocycles. The Morgan fingerprint density at radius 2 is 1.95 bits per heavy atom. The van der Waals surface area contributed by atoms with E-state index in [9.17, 15) is 14.7 Å². The minimum Gasteiger partial charge on any atom is -0.492 e. The molecule has 6 nitrogen and oxygen atoms in total. The molecule has 1 rings (SSSR count). The molecule has 1 aliphatic carbocycles. The van der Waals surface area contributed by atoms with Gasteiger partial charge in [0.25, 0.3) is 0 Å². The molecule has 0 aromatic rings. The molecular formula is C14H22O6. The van der Waals surface area contributed by atoms with Crippen LogP contribution in [0.4, 0.5) is 0 Å². The summed E-state index contributed by atoms with van der Waals surface area (Å²) in [5, 5.41) is 18.6. The summed E-state index contributed by atoms with van der Waals surface area (Å²) in [6, 6.07) is 0. The number of hydrogen-bond donors (Lipinski definition) is 2. The summed E-state index contributed by atoms with van der Waals surface area (Å²) >= 11 is 0. The van der Waals surface area contributed by atoms with Gasteiger partial charge in [-0.1, -0.05) is 19.4 Å². The van der Waals surface area contributed by atoms with E-state index in [1.54, 1.807) is 0 Å². The van der Waals surface area contributed by atoms with Gasteiger partial charge in [-0.2, -0.15) is 0 Å². The first-order valence-electron chi connectivity index (χ1n) is 6.81. The third-order valence-corrected chi connectivity index (χ3v) is 3.58. The Balaban J connectivity index is 2.55. The van der Waals surface area contributed by atoms with Crippen LogP contribution in [0.5, 0.6) is 0 Å². The highest BCUT2D eigenvalue weighted by molar-refractivity contribution is 5.81. The highest BCUT2D eigenvalue weighted by Crippen LogP contribution is 2.31. The molecule has 4 unspecified atom stereocenters. The number of carboxylic acid groups (broad SMARTS) is 1. The van der Waals surface area contributed by atoms with Gasteiger partial charge in [0, 0.05) is 0 Å². The standard InChI is InChI=1S/C14H22O6/c1-3-19-12(9(2)15)8-20-14(18)11-7-5-4-6-10(11)13(16)17/h3,9-12,15H,1,4-8H2,2H3,(H,16,17). The zero-order valence-corrected chi connectivity index (χ0v) is 11.7. The lowest BCUT2D eigenvalue weighted by atomic mass is 9.79. The maximum Gasteiger partial charge on any atom is 0.309 e. The van der Waals surface area contributed by atoms with Crippen LogP contribution in [0.15, 0.2) is 12.8 Å². The molecule has 2 N–H and O–H groups in total. The molecule has 0 radical (unpaired) electrons. The number of rotatable bonds is 7. The molecule has 6 heteroatoms. The highest BCUT2D eigenvalue weighted by atomic mass is 16.6. The molecule has 0 aromatic carbocycles. The first-order valence-corrected chi connectivity index (χ1v) is 6.81. The third-order valence-electron chi connectivity index (χ3n) is 3.58. The molecule has 0 heterocycles. The van der Waals surface area contributed by atoms with Crippen molar-refractivity contribution in [2.45, 2.75) is 44.8 Å². The van der Waals surface area contributed by atoms with Crippen LogP contribution in [0.25, 0.3) is 0 Å². The van der Waals surface area contributed by atoms with Crippen molar-refractivity contribution in [3.63, 3.8) is 0 Å². The molecule has 1 aliphatic rings. The number of carbonyl (C=O) groups is 2. The van der Waals surface area contributed by atoms with Gasteiger partial charge in [-0.3, -0.25) is 9.59 Å². The Morgan fingerprint density at radius 3 is 2.45 bits per heavy atom. The quantitative estimate of drug-likeness (QED) is 0.542. The molecule has 114 valence electrons. The SMILES string of the molecule is C=COC(COC(=O)C1CCCCC1C(=O)O)C(C)O. The van der Waals surface area contributed by atoms with E-state index in [1.807, 2.05) is 0 Å². The normalized spacial score (nSPS) is 25.3. The third kappa shape index (κ3) is 4.52. The van der Waals surface area contributed by atoms with Crippen molar-refractivity contribution in [3.8, 4) is 0 Å². The molecule has 20 heavy (non-hydrogen) atoms. The van der Waals surface area contributed by atoms with E-state index in [0.717, 1.165) is 12.8 Å². The average molecular weight is 286 g/mol. The topological polar surface area (TPSA) is 93.1 Å². The molecule has 4 atom stereocenters. The number of hydrogen-bond acceptors (Lipinski definition) is 5. The first kappa shape index (κ1) is 16.5. The number of carboxylic acids is 1. The smallest absolute Gasteiger partial charge is 0.309 e. The Hall–Kier alpha value is -1.56. The second kappa shape index (κ2) is 7.89. The molecule has 1 saturated carbocycles. The van der Waals surface area contributed by atoms with E-state index in [-0.39, 0.29) is 6.61 Å². The lowest BCUT2D eigenvalue weighted by molar-refractivity contribution is -0.163. The molecule has 0 bridgehead atoms. The van der Waals surface area contributed by atoms with E-state index in [0.29, 0.717) is 12.8 Å². The number of aliphatic hydroxyl groups is 1. The Morgan fingerprint density at radius 1 is 1.35 bits per heavy atom. The van der Waals surface area contributed by atoms with Crippen molar-refractivity contribution in [2.75, 3.05) is 6.61 Å². The predicted molar refractivity (Wildman–Crippen MR) is 70.8 cm³/mol. The predicted octanol–water partition coefficient (Wildman–Crippen LogP) is 1.33. The van der Waals surface area contributed by atoms with E-state index in [2.05, 4.69) is 6.58 Å². The van der Waals surface area contributed by atoms with Crippen LogP contribution in [-0.4, -0.2) is 41.0 Å². The van der Waals surface area contributed by atoms with Gasteiger partial charge in [0.05, 0.1) is 24.2 Å². The maximum absolute atomic E-state index is 12.0. The van der Waals surface area contributed by atoms with Crippen LogP contribution in [0.3, 0.4) is 0 Å². The Bertz CT molecular complexity index is 352. The van der Waals surface area contributed by atoms with Gasteiger partial charge in [0.1, 0.15) is 6.61 Å². The number of aliphatic hydroxyl groups excluding tert-OH is 1. The number of ether oxygens (including phenoxy) is 2. The van der Waals surface area contributed by atoms with Crippen molar-refractivity contribution in [1.29, 1.82) is 0 Å². The van der Waals surface area contributed by atoms with Crippen molar-refractivity contribution >= 4 is 11.9 Å². The van der Waals surface area contributed by atoms with Gasteiger partial charge >= 0.3 is 11.9 Å². The van der Waals surface area contributed by atoms with Crippen LogP contribution >= 0.6 is 0 Å². The minimum atomic E-state index is -0.957. The fourth-order valence-corrected chi connectivity index (χ4v) is 2.40. The summed E-state index contributed by atoms with van der Waals surface area (Å²) in [4.78, 5) is 23.1. The minimum absolute atomic E-state index is 0.120.